The minimum Gasteiger partial charge on any atom is -0.515 e. The van der Waals surface area contributed by atoms with Crippen LogP contribution in [0.3, 0.4) is 0 Å². The zero-order valence-electron chi connectivity index (χ0n) is 8.47. The van der Waals surface area contributed by atoms with Crippen LogP contribution in [-0.2, 0) is 11.2 Å². The highest BCUT2D eigenvalue weighted by atomic mass is 16.4. The molecule has 0 aliphatic rings. The largest absolute Gasteiger partial charge is 0.515 e. The summed E-state index contributed by atoms with van der Waals surface area (Å²) in [6.07, 6.45) is 2.61. The molecule has 1 aromatic carbocycles. The van der Waals surface area contributed by atoms with E-state index in [1.807, 2.05) is 24.3 Å². The lowest BCUT2D eigenvalue weighted by Gasteiger charge is -1.99. The maximum atomic E-state index is 10.8. The summed E-state index contributed by atoms with van der Waals surface area (Å²) in [5.41, 5.74) is 1.79. The van der Waals surface area contributed by atoms with Crippen molar-refractivity contribution in [3.8, 4) is 0 Å². The van der Waals surface area contributed by atoms with Gasteiger partial charge in [0.05, 0.1) is 11.8 Å². The molecule has 16 heavy (non-hydrogen) atoms. The highest BCUT2D eigenvalue weighted by molar-refractivity contribution is 5.89. The van der Waals surface area contributed by atoms with Gasteiger partial charge in [-0.3, -0.25) is 0 Å². The van der Waals surface area contributed by atoms with Gasteiger partial charge in [-0.2, -0.15) is 0 Å². The van der Waals surface area contributed by atoms with Crippen LogP contribution in [0.15, 0.2) is 42.3 Å². The molecule has 0 aliphatic carbocycles. The Morgan fingerprint density at radius 1 is 1.38 bits per heavy atom. The van der Waals surface area contributed by atoms with Crippen LogP contribution in [0.25, 0.3) is 10.9 Å². The van der Waals surface area contributed by atoms with E-state index in [1.165, 1.54) is 0 Å². The van der Waals surface area contributed by atoms with E-state index < -0.39 is 5.97 Å². The first-order valence-corrected chi connectivity index (χ1v) is 4.84. The monoisotopic (exact) mass is 217 g/mol. The number of benzene rings is 1. The van der Waals surface area contributed by atoms with Gasteiger partial charge in [-0.25, -0.2) is 4.79 Å². The van der Waals surface area contributed by atoms with E-state index in [4.69, 9.17) is 10.2 Å². The molecule has 0 unspecified atom stereocenters. The Hall–Kier alpha value is -2.23. The molecule has 0 atom stereocenters. The minimum atomic E-state index is -1.10. The highest BCUT2D eigenvalue weighted by Crippen LogP contribution is 2.20. The molecule has 3 N–H and O–H groups in total. The predicted molar refractivity (Wildman–Crippen MR) is 60.4 cm³/mol. The van der Waals surface area contributed by atoms with Crippen molar-refractivity contribution in [3.63, 3.8) is 0 Å². The summed E-state index contributed by atoms with van der Waals surface area (Å²) in [5, 5.41) is 18.6. The number of aliphatic hydroxyl groups is 1. The van der Waals surface area contributed by atoms with Gasteiger partial charge in [0.2, 0.25) is 0 Å². The van der Waals surface area contributed by atoms with E-state index in [0.29, 0.717) is 6.26 Å². The van der Waals surface area contributed by atoms with E-state index in [2.05, 4.69) is 4.98 Å². The quantitative estimate of drug-likeness (QED) is 0.545. The fraction of sp³-hybridized carbons (Fsp3) is 0.0833. The fourth-order valence-corrected chi connectivity index (χ4v) is 1.66. The predicted octanol–water partition coefficient (Wildman–Crippen LogP) is 2.24. The van der Waals surface area contributed by atoms with E-state index in [9.17, 15) is 4.79 Å². The number of aromatic nitrogens is 1. The number of H-pyrrole nitrogens is 1. The van der Waals surface area contributed by atoms with E-state index >= 15 is 0 Å². The van der Waals surface area contributed by atoms with Crippen molar-refractivity contribution in [1.29, 1.82) is 0 Å². The van der Waals surface area contributed by atoms with Gasteiger partial charge in [0.25, 0.3) is 0 Å². The second-order valence-corrected chi connectivity index (χ2v) is 3.50. The van der Waals surface area contributed by atoms with Crippen molar-refractivity contribution < 1.29 is 15.0 Å². The van der Waals surface area contributed by atoms with Crippen molar-refractivity contribution in [2.75, 3.05) is 0 Å². The Kier molecular flexibility index (Phi) is 2.64. The molecule has 4 nitrogen and oxygen atoms in total. The number of carboxylic acid groups (broad SMARTS) is 1. The van der Waals surface area contributed by atoms with Crippen molar-refractivity contribution in [2.24, 2.45) is 0 Å². The molecule has 1 aromatic heterocycles. The number of nitrogens with one attached hydrogen (secondary N) is 1. The third kappa shape index (κ3) is 1.77. The standard InChI is InChI=1S/C12H11NO3/c14-7-9(12(15)16)5-8-6-13-11-4-2-1-3-10(8)11/h1-4,6-7,13-14H,5H2,(H,15,16)/b9-7-. The third-order valence-corrected chi connectivity index (χ3v) is 2.49. The van der Waals surface area contributed by atoms with Gasteiger partial charge >= 0.3 is 5.97 Å². The lowest BCUT2D eigenvalue weighted by atomic mass is 10.1. The van der Waals surface area contributed by atoms with Crippen molar-refractivity contribution in [2.45, 2.75) is 6.42 Å². The molecule has 0 radical (unpaired) electrons. The number of carboxylic acids is 1. The molecule has 0 bridgehead atoms. The number of carbonyl (C=O) groups is 1. The molecule has 0 saturated heterocycles. The second-order valence-electron chi connectivity index (χ2n) is 3.50. The summed E-state index contributed by atoms with van der Waals surface area (Å²) in [4.78, 5) is 13.8. The Labute approximate surface area is 91.8 Å². The summed E-state index contributed by atoms with van der Waals surface area (Å²) >= 11 is 0. The first-order chi connectivity index (χ1) is 7.72. The minimum absolute atomic E-state index is 0.0234. The van der Waals surface area contributed by atoms with Crippen LogP contribution in [-0.4, -0.2) is 21.2 Å². The molecule has 2 aromatic rings. The fourth-order valence-electron chi connectivity index (χ4n) is 1.66. The summed E-state index contributed by atoms with van der Waals surface area (Å²) in [6, 6.07) is 7.63. The SMILES string of the molecule is O=C(O)/C(=C\O)Cc1c[nH]c2ccccc12. The van der Waals surface area contributed by atoms with Crippen LogP contribution in [0.2, 0.25) is 0 Å². The van der Waals surface area contributed by atoms with E-state index in [1.54, 1.807) is 6.20 Å². The number of aliphatic hydroxyl groups excluding tert-OH is 1. The average Bonchev–Trinajstić information content (AvgIpc) is 2.69. The molecular formula is C12H11NO3. The van der Waals surface area contributed by atoms with Crippen LogP contribution < -0.4 is 0 Å². The Balaban J connectivity index is 2.38. The summed E-state index contributed by atoms with van der Waals surface area (Å²) < 4.78 is 0. The molecule has 0 fully saturated rings. The molecule has 2 rings (SSSR count). The number of hydrogen-bond acceptors (Lipinski definition) is 2. The second kappa shape index (κ2) is 4.10. The van der Waals surface area contributed by atoms with Gasteiger partial charge in [0.1, 0.15) is 0 Å². The van der Waals surface area contributed by atoms with E-state index in [0.717, 1.165) is 16.5 Å². The lowest BCUT2D eigenvalue weighted by molar-refractivity contribution is -0.132. The van der Waals surface area contributed by atoms with Crippen LogP contribution in [0, 0.1) is 0 Å². The van der Waals surface area contributed by atoms with Gasteiger partial charge in [-0.1, -0.05) is 18.2 Å². The highest BCUT2D eigenvalue weighted by Gasteiger charge is 2.11. The molecule has 0 aliphatic heterocycles. The smallest absolute Gasteiger partial charge is 0.335 e. The summed E-state index contributed by atoms with van der Waals surface area (Å²) in [7, 11) is 0. The van der Waals surface area contributed by atoms with Gasteiger partial charge in [-0.15, -0.1) is 0 Å². The van der Waals surface area contributed by atoms with E-state index in [-0.39, 0.29) is 12.0 Å². The molecular weight excluding hydrogens is 206 g/mol. The number of aliphatic carboxylic acids is 1. The van der Waals surface area contributed by atoms with Crippen LogP contribution in [0.5, 0.6) is 0 Å². The zero-order valence-corrected chi connectivity index (χ0v) is 8.47. The first-order valence-electron chi connectivity index (χ1n) is 4.84. The topological polar surface area (TPSA) is 73.3 Å². The summed E-state index contributed by atoms with van der Waals surface area (Å²) in [6.45, 7) is 0. The molecule has 0 amide bonds. The Morgan fingerprint density at radius 3 is 2.81 bits per heavy atom. The first kappa shape index (κ1) is 10.3. The van der Waals surface area contributed by atoms with Crippen LogP contribution >= 0.6 is 0 Å². The maximum Gasteiger partial charge on any atom is 0.335 e. The van der Waals surface area contributed by atoms with Gasteiger partial charge in [-0.05, 0) is 11.6 Å². The van der Waals surface area contributed by atoms with Crippen molar-refractivity contribution in [3.05, 3.63) is 47.9 Å². The number of rotatable bonds is 3. The Bertz CT molecular complexity index is 554. The van der Waals surface area contributed by atoms with Gasteiger partial charge in [0, 0.05) is 23.5 Å². The maximum absolute atomic E-state index is 10.8. The van der Waals surface area contributed by atoms with Gasteiger partial charge < -0.3 is 15.2 Å². The third-order valence-electron chi connectivity index (χ3n) is 2.49. The molecule has 0 saturated carbocycles. The number of fused-ring (bicyclic) bond motifs is 1. The number of hydrogen-bond donors (Lipinski definition) is 3. The van der Waals surface area contributed by atoms with Crippen LogP contribution in [0.1, 0.15) is 5.56 Å². The molecule has 82 valence electrons. The normalized spacial score (nSPS) is 11.9. The summed E-state index contributed by atoms with van der Waals surface area (Å²) in [5.74, 6) is -1.10. The van der Waals surface area contributed by atoms with Crippen LogP contribution in [0.4, 0.5) is 0 Å². The zero-order chi connectivity index (χ0) is 11.5. The average molecular weight is 217 g/mol. The van der Waals surface area contributed by atoms with Gasteiger partial charge in [0.15, 0.2) is 0 Å². The number of para-hydroxylation sites is 1. The molecule has 1 heterocycles. The lowest BCUT2D eigenvalue weighted by Crippen LogP contribution is -2.03. The number of aromatic amines is 1. The molecule has 4 heteroatoms. The molecule has 0 spiro atoms. The van der Waals surface area contributed by atoms with Crippen molar-refractivity contribution in [1.82, 2.24) is 4.98 Å². The Morgan fingerprint density at radius 2 is 2.12 bits per heavy atom. The van der Waals surface area contributed by atoms with Crippen molar-refractivity contribution >= 4 is 16.9 Å².